The second-order valence-electron chi connectivity index (χ2n) is 6.99. The van der Waals surface area contributed by atoms with Crippen molar-refractivity contribution in [3.8, 4) is 0 Å². The Balaban J connectivity index is 1.88. The van der Waals surface area contributed by atoms with Gasteiger partial charge in [-0.05, 0) is 44.4 Å². The van der Waals surface area contributed by atoms with Crippen LogP contribution >= 0.6 is 0 Å². The van der Waals surface area contributed by atoms with E-state index in [1.807, 2.05) is 0 Å². The van der Waals surface area contributed by atoms with Gasteiger partial charge in [-0.25, -0.2) is 12.7 Å². The standard InChI is InChI=1S/C16H32N4O2S/c1-4-17-16(19-9-5-6-14(2)13-19)18-12-15-7-10-20(11-8-15)23(3,21)22/h14-15H,4-13H2,1-3H3,(H,17,18). The molecule has 0 spiro atoms. The Morgan fingerprint density at radius 2 is 1.91 bits per heavy atom. The molecule has 7 heteroatoms. The second-order valence-corrected chi connectivity index (χ2v) is 8.98. The molecular weight excluding hydrogens is 312 g/mol. The number of piperidine rings is 2. The summed E-state index contributed by atoms with van der Waals surface area (Å²) in [7, 11) is -3.04. The highest BCUT2D eigenvalue weighted by Crippen LogP contribution is 2.20. The quantitative estimate of drug-likeness (QED) is 0.618. The van der Waals surface area contributed by atoms with Crippen LogP contribution in [0.15, 0.2) is 4.99 Å². The SMILES string of the molecule is CCNC(=NCC1CCN(S(C)(=O)=O)CC1)N1CCCC(C)C1. The molecule has 0 aliphatic carbocycles. The average Bonchev–Trinajstić information content (AvgIpc) is 2.51. The molecule has 6 nitrogen and oxygen atoms in total. The fraction of sp³-hybridized carbons (Fsp3) is 0.938. The Hall–Kier alpha value is -0.820. The highest BCUT2D eigenvalue weighted by Gasteiger charge is 2.25. The highest BCUT2D eigenvalue weighted by molar-refractivity contribution is 7.88. The summed E-state index contributed by atoms with van der Waals surface area (Å²) in [6, 6.07) is 0. The zero-order valence-electron chi connectivity index (χ0n) is 14.8. The molecule has 1 unspecified atom stereocenters. The van der Waals surface area contributed by atoms with Crippen molar-refractivity contribution >= 4 is 16.0 Å². The topological polar surface area (TPSA) is 65.0 Å². The van der Waals surface area contributed by atoms with Crippen LogP contribution in [0.3, 0.4) is 0 Å². The molecule has 23 heavy (non-hydrogen) atoms. The normalized spacial score (nSPS) is 25.6. The summed E-state index contributed by atoms with van der Waals surface area (Å²) in [6.07, 6.45) is 5.66. The predicted molar refractivity (Wildman–Crippen MR) is 95.1 cm³/mol. The van der Waals surface area contributed by atoms with Crippen molar-refractivity contribution < 1.29 is 8.42 Å². The van der Waals surface area contributed by atoms with E-state index in [1.54, 1.807) is 4.31 Å². The number of sulfonamides is 1. The molecule has 0 radical (unpaired) electrons. The van der Waals surface area contributed by atoms with Crippen molar-refractivity contribution in [2.45, 2.75) is 39.5 Å². The van der Waals surface area contributed by atoms with Crippen LogP contribution in [0.25, 0.3) is 0 Å². The van der Waals surface area contributed by atoms with E-state index in [0.717, 1.165) is 50.9 Å². The first-order valence-electron chi connectivity index (χ1n) is 8.88. The van der Waals surface area contributed by atoms with Crippen molar-refractivity contribution in [2.75, 3.05) is 45.5 Å². The first-order valence-corrected chi connectivity index (χ1v) is 10.7. The fourth-order valence-electron chi connectivity index (χ4n) is 3.45. The van der Waals surface area contributed by atoms with Gasteiger partial charge in [-0.2, -0.15) is 0 Å². The summed E-state index contributed by atoms with van der Waals surface area (Å²) in [5.74, 6) is 2.25. The fourth-order valence-corrected chi connectivity index (χ4v) is 4.32. The molecule has 0 bridgehead atoms. The van der Waals surface area contributed by atoms with E-state index in [9.17, 15) is 8.42 Å². The van der Waals surface area contributed by atoms with E-state index in [1.165, 1.54) is 19.1 Å². The second kappa shape index (κ2) is 8.33. The van der Waals surface area contributed by atoms with Gasteiger partial charge in [0.15, 0.2) is 5.96 Å². The van der Waals surface area contributed by atoms with Gasteiger partial charge in [-0.1, -0.05) is 6.92 Å². The molecule has 2 saturated heterocycles. The van der Waals surface area contributed by atoms with Gasteiger partial charge in [-0.3, -0.25) is 4.99 Å². The number of hydrogen-bond donors (Lipinski definition) is 1. The molecule has 2 fully saturated rings. The summed E-state index contributed by atoms with van der Waals surface area (Å²) in [4.78, 5) is 7.22. The lowest BCUT2D eigenvalue weighted by molar-refractivity contribution is 0.261. The van der Waals surface area contributed by atoms with Crippen LogP contribution in [-0.2, 0) is 10.0 Å². The molecular formula is C16H32N4O2S. The third kappa shape index (κ3) is 5.64. The first-order chi connectivity index (χ1) is 10.9. The Morgan fingerprint density at radius 3 is 2.48 bits per heavy atom. The van der Waals surface area contributed by atoms with Crippen molar-refractivity contribution in [1.82, 2.24) is 14.5 Å². The van der Waals surface area contributed by atoms with Gasteiger partial charge in [0.2, 0.25) is 10.0 Å². The van der Waals surface area contributed by atoms with Crippen molar-refractivity contribution in [3.63, 3.8) is 0 Å². The monoisotopic (exact) mass is 344 g/mol. The van der Waals surface area contributed by atoms with Gasteiger partial charge in [0.25, 0.3) is 0 Å². The summed E-state index contributed by atoms with van der Waals surface area (Å²) < 4.78 is 24.7. The maximum atomic E-state index is 11.6. The van der Waals surface area contributed by atoms with E-state index in [-0.39, 0.29) is 0 Å². The minimum absolute atomic E-state index is 0.490. The number of aliphatic imine (C=N–C) groups is 1. The zero-order chi connectivity index (χ0) is 16.9. The Morgan fingerprint density at radius 1 is 1.22 bits per heavy atom. The summed E-state index contributed by atoms with van der Waals surface area (Å²) in [5.41, 5.74) is 0. The number of nitrogens with one attached hydrogen (secondary N) is 1. The van der Waals surface area contributed by atoms with Crippen molar-refractivity contribution in [2.24, 2.45) is 16.8 Å². The van der Waals surface area contributed by atoms with Crippen LogP contribution in [0.4, 0.5) is 0 Å². The summed E-state index contributed by atoms with van der Waals surface area (Å²) in [6.45, 7) is 9.53. The lowest BCUT2D eigenvalue weighted by Crippen LogP contribution is -2.46. The third-order valence-corrected chi connectivity index (χ3v) is 6.14. The van der Waals surface area contributed by atoms with Crippen LogP contribution in [0.2, 0.25) is 0 Å². The first kappa shape index (κ1) is 18.5. The third-order valence-electron chi connectivity index (χ3n) is 4.83. The number of likely N-dealkylation sites (tertiary alicyclic amines) is 1. The van der Waals surface area contributed by atoms with Crippen LogP contribution in [0.1, 0.15) is 39.5 Å². The molecule has 134 valence electrons. The molecule has 0 aromatic rings. The van der Waals surface area contributed by atoms with Crippen LogP contribution in [0, 0.1) is 11.8 Å². The van der Waals surface area contributed by atoms with E-state index < -0.39 is 10.0 Å². The van der Waals surface area contributed by atoms with Gasteiger partial charge >= 0.3 is 0 Å². The molecule has 2 aliphatic rings. The van der Waals surface area contributed by atoms with Gasteiger partial charge in [0, 0.05) is 39.3 Å². The lowest BCUT2D eigenvalue weighted by Gasteiger charge is -2.34. The number of hydrogen-bond acceptors (Lipinski definition) is 3. The smallest absolute Gasteiger partial charge is 0.211 e. The van der Waals surface area contributed by atoms with Gasteiger partial charge in [-0.15, -0.1) is 0 Å². The molecule has 0 aromatic heterocycles. The maximum Gasteiger partial charge on any atom is 0.211 e. The lowest BCUT2D eigenvalue weighted by atomic mass is 9.98. The minimum Gasteiger partial charge on any atom is -0.357 e. The van der Waals surface area contributed by atoms with E-state index in [2.05, 4.69) is 24.1 Å². The molecule has 0 saturated carbocycles. The molecule has 2 rings (SSSR count). The Kier molecular flexibility index (Phi) is 6.71. The molecule has 1 atom stereocenters. The van der Waals surface area contributed by atoms with E-state index in [0.29, 0.717) is 19.0 Å². The van der Waals surface area contributed by atoms with Gasteiger partial charge in [0.1, 0.15) is 0 Å². The summed E-state index contributed by atoms with van der Waals surface area (Å²) >= 11 is 0. The van der Waals surface area contributed by atoms with Gasteiger partial charge < -0.3 is 10.2 Å². The van der Waals surface area contributed by atoms with Crippen LogP contribution < -0.4 is 5.32 Å². The number of guanidine groups is 1. The number of rotatable bonds is 4. The molecule has 2 heterocycles. The van der Waals surface area contributed by atoms with Crippen molar-refractivity contribution in [1.29, 1.82) is 0 Å². The van der Waals surface area contributed by atoms with E-state index in [4.69, 9.17) is 4.99 Å². The van der Waals surface area contributed by atoms with Crippen LogP contribution in [0.5, 0.6) is 0 Å². The molecule has 0 amide bonds. The van der Waals surface area contributed by atoms with Crippen molar-refractivity contribution in [3.05, 3.63) is 0 Å². The molecule has 1 N–H and O–H groups in total. The Bertz CT molecular complexity index is 498. The Labute approximate surface area is 141 Å². The highest BCUT2D eigenvalue weighted by atomic mass is 32.2. The molecule has 0 aromatic carbocycles. The average molecular weight is 345 g/mol. The largest absolute Gasteiger partial charge is 0.357 e. The van der Waals surface area contributed by atoms with Crippen LogP contribution in [-0.4, -0.2) is 69.1 Å². The van der Waals surface area contributed by atoms with Gasteiger partial charge in [0.05, 0.1) is 6.26 Å². The summed E-state index contributed by atoms with van der Waals surface area (Å²) in [5, 5.41) is 3.42. The number of nitrogens with zero attached hydrogens (tertiary/aromatic N) is 3. The predicted octanol–water partition coefficient (Wildman–Crippen LogP) is 1.36. The van der Waals surface area contributed by atoms with E-state index >= 15 is 0 Å². The maximum absolute atomic E-state index is 11.6. The minimum atomic E-state index is -3.04. The zero-order valence-corrected chi connectivity index (χ0v) is 15.6. The molecule has 2 aliphatic heterocycles.